The molecule has 0 radical (unpaired) electrons. The molecule has 0 aliphatic carbocycles. The molecule has 1 aromatic carbocycles. The highest BCUT2D eigenvalue weighted by atomic mass is 16.6. The molecule has 0 atom stereocenters. The Bertz CT molecular complexity index is 1160. The number of fused-ring (bicyclic) bond motifs is 2. The zero-order valence-corrected chi connectivity index (χ0v) is 16.9. The van der Waals surface area contributed by atoms with Crippen LogP contribution in [-0.2, 0) is 11.2 Å². The molecule has 3 N–H and O–H groups in total. The van der Waals surface area contributed by atoms with Crippen molar-refractivity contribution < 1.29 is 19.1 Å². The lowest BCUT2D eigenvalue weighted by atomic mass is 10.0. The summed E-state index contributed by atoms with van der Waals surface area (Å²) in [6.45, 7) is 5.96. The van der Waals surface area contributed by atoms with E-state index in [-0.39, 0.29) is 16.9 Å². The number of carbonyl (C=O) groups is 3. The molecule has 1 aromatic heterocycles. The first-order chi connectivity index (χ1) is 14.1. The summed E-state index contributed by atoms with van der Waals surface area (Å²) in [6, 6.07) is 6.27. The van der Waals surface area contributed by atoms with Crippen LogP contribution in [0.2, 0.25) is 0 Å². The fourth-order valence-corrected chi connectivity index (χ4v) is 3.77. The minimum absolute atomic E-state index is 0.00676. The van der Waals surface area contributed by atoms with Gasteiger partial charge in [0.1, 0.15) is 11.4 Å². The van der Waals surface area contributed by atoms with Gasteiger partial charge in [0.25, 0.3) is 17.4 Å². The van der Waals surface area contributed by atoms with Crippen LogP contribution in [0.25, 0.3) is 5.69 Å². The Hall–Kier alpha value is -3.62. The van der Waals surface area contributed by atoms with Crippen molar-refractivity contribution in [2.75, 3.05) is 17.2 Å². The topological polar surface area (TPSA) is 124 Å². The number of hydrogen-bond donors (Lipinski definition) is 2. The molecule has 30 heavy (non-hydrogen) atoms. The summed E-state index contributed by atoms with van der Waals surface area (Å²) < 4.78 is 6.69. The second kappa shape index (κ2) is 6.72. The van der Waals surface area contributed by atoms with E-state index in [1.807, 2.05) is 20.8 Å². The van der Waals surface area contributed by atoms with Crippen LogP contribution in [0.15, 0.2) is 29.1 Å². The molecule has 0 fully saturated rings. The standard InChI is InChI=1S/C21H22N4O5/c1-21(2,3)30-20(29)24-8-4-5-11-9-12(6-7-14(11)24)25-15(26)10-13-16(17(25)22)19(28)23-18(13)27/h6-7,9-10H,4-5,8,22H2,1-3H3,(H,23,27,28). The molecular formula is C21H22N4O5. The van der Waals surface area contributed by atoms with Gasteiger partial charge < -0.3 is 10.5 Å². The summed E-state index contributed by atoms with van der Waals surface area (Å²) in [5.41, 5.74) is 6.97. The maximum absolute atomic E-state index is 12.7. The van der Waals surface area contributed by atoms with E-state index in [4.69, 9.17) is 10.5 Å². The van der Waals surface area contributed by atoms with Gasteiger partial charge in [-0.05, 0) is 57.4 Å². The first-order valence-electron chi connectivity index (χ1n) is 9.62. The molecule has 2 aromatic rings. The van der Waals surface area contributed by atoms with Gasteiger partial charge >= 0.3 is 6.09 Å². The molecule has 2 aliphatic heterocycles. The van der Waals surface area contributed by atoms with E-state index in [9.17, 15) is 19.2 Å². The van der Waals surface area contributed by atoms with Crippen LogP contribution in [0.4, 0.5) is 16.3 Å². The van der Waals surface area contributed by atoms with Crippen molar-refractivity contribution in [1.82, 2.24) is 9.88 Å². The summed E-state index contributed by atoms with van der Waals surface area (Å²) in [4.78, 5) is 50.7. The van der Waals surface area contributed by atoms with E-state index in [2.05, 4.69) is 5.32 Å². The lowest BCUT2D eigenvalue weighted by Gasteiger charge is -2.32. The highest BCUT2D eigenvalue weighted by molar-refractivity contribution is 6.23. The Morgan fingerprint density at radius 3 is 2.57 bits per heavy atom. The number of nitrogens with zero attached hydrogens (tertiary/aromatic N) is 2. The Labute approximate surface area is 172 Å². The Kier molecular flexibility index (Phi) is 4.41. The maximum atomic E-state index is 12.7. The summed E-state index contributed by atoms with van der Waals surface area (Å²) in [6.07, 6.45) is 1.02. The highest BCUT2D eigenvalue weighted by Crippen LogP contribution is 2.31. The fourth-order valence-electron chi connectivity index (χ4n) is 3.77. The van der Waals surface area contributed by atoms with Crippen molar-refractivity contribution >= 4 is 29.4 Å². The van der Waals surface area contributed by atoms with Crippen LogP contribution in [0.5, 0.6) is 0 Å². The number of nitrogens with two attached hydrogens (primary N) is 1. The van der Waals surface area contributed by atoms with E-state index in [1.54, 1.807) is 23.1 Å². The largest absolute Gasteiger partial charge is 0.443 e. The van der Waals surface area contributed by atoms with Gasteiger partial charge in [-0.3, -0.25) is 29.2 Å². The monoisotopic (exact) mass is 410 g/mol. The number of aryl methyl sites for hydroxylation is 1. The number of anilines is 2. The second-order valence-corrected chi connectivity index (χ2v) is 8.32. The number of imide groups is 1. The number of nitrogen functional groups attached to an aromatic ring is 1. The van der Waals surface area contributed by atoms with Crippen LogP contribution in [0, 0.1) is 0 Å². The maximum Gasteiger partial charge on any atom is 0.414 e. The molecule has 3 heterocycles. The summed E-state index contributed by atoms with van der Waals surface area (Å²) in [5, 5.41) is 2.15. The molecule has 0 unspecified atom stereocenters. The number of nitrogens with one attached hydrogen (secondary N) is 1. The first-order valence-corrected chi connectivity index (χ1v) is 9.62. The number of aromatic nitrogens is 1. The van der Waals surface area contributed by atoms with Crippen LogP contribution in [0.3, 0.4) is 0 Å². The quantitative estimate of drug-likeness (QED) is 0.693. The van der Waals surface area contributed by atoms with Crippen molar-refractivity contribution in [1.29, 1.82) is 0 Å². The van der Waals surface area contributed by atoms with Crippen LogP contribution in [-0.4, -0.2) is 34.6 Å². The smallest absolute Gasteiger partial charge is 0.414 e. The summed E-state index contributed by atoms with van der Waals surface area (Å²) >= 11 is 0. The molecule has 4 rings (SSSR count). The highest BCUT2D eigenvalue weighted by Gasteiger charge is 2.32. The number of pyridine rings is 1. The molecule has 156 valence electrons. The van der Waals surface area contributed by atoms with Crippen LogP contribution in [0.1, 0.15) is 53.5 Å². The minimum atomic E-state index is -0.635. The number of benzene rings is 1. The third-order valence-corrected chi connectivity index (χ3v) is 5.01. The van der Waals surface area contributed by atoms with Crippen LogP contribution < -0.4 is 21.5 Å². The van der Waals surface area contributed by atoms with Crippen molar-refractivity contribution in [2.24, 2.45) is 0 Å². The van der Waals surface area contributed by atoms with Crippen molar-refractivity contribution in [3.63, 3.8) is 0 Å². The zero-order valence-electron chi connectivity index (χ0n) is 16.9. The summed E-state index contributed by atoms with van der Waals surface area (Å²) in [5.74, 6) is -1.36. The Morgan fingerprint density at radius 1 is 1.13 bits per heavy atom. The van der Waals surface area contributed by atoms with E-state index >= 15 is 0 Å². The van der Waals surface area contributed by atoms with E-state index < -0.39 is 29.1 Å². The van der Waals surface area contributed by atoms with Crippen molar-refractivity contribution in [3.05, 3.63) is 51.3 Å². The summed E-state index contributed by atoms with van der Waals surface area (Å²) in [7, 11) is 0. The number of ether oxygens (including phenoxy) is 1. The average molecular weight is 410 g/mol. The lowest BCUT2D eigenvalue weighted by molar-refractivity contribution is 0.0577. The molecule has 0 saturated heterocycles. The Morgan fingerprint density at radius 2 is 1.87 bits per heavy atom. The Balaban J connectivity index is 1.77. The zero-order chi connectivity index (χ0) is 21.8. The van der Waals surface area contributed by atoms with E-state index in [1.165, 1.54) is 4.57 Å². The van der Waals surface area contributed by atoms with Crippen LogP contribution >= 0.6 is 0 Å². The normalized spacial score (nSPS) is 15.5. The van der Waals surface area contributed by atoms with Gasteiger partial charge in [0, 0.05) is 12.6 Å². The number of rotatable bonds is 1. The van der Waals surface area contributed by atoms with Crippen molar-refractivity contribution in [2.45, 2.75) is 39.2 Å². The average Bonchev–Trinajstić information content (AvgIpc) is 2.93. The molecule has 0 spiro atoms. The van der Waals surface area contributed by atoms with Gasteiger partial charge in [-0.1, -0.05) is 0 Å². The third kappa shape index (κ3) is 3.22. The fraction of sp³-hybridized carbons (Fsp3) is 0.333. The predicted molar refractivity (Wildman–Crippen MR) is 110 cm³/mol. The van der Waals surface area contributed by atoms with Gasteiger partial charge in [-0.25, -0.2) is 4.79 Å². The van der Waals surface area contributed by atoms with E-state index in [0.717, 1.165) is 18.1 Å². The molecule has 3 amide bonds. The minimum Gasteiger partial charge on any atom is -0.443 e. The number of hydrogen-bond acceptors (Lipinski definition) is 6. The first kappa shape index (κ1) is 19.7. The third-order valence-electron chi connectivity index (χ3n) is 5.01. The van der Waals surface area contributed by atoms with Gasteiger partial charge in [0.15, 0.2) is 0 Å². The second-order valence-electron chi connectivity index (χ2n) is 8.32. The number of amides is 3. The molecule has 0 bridgehead atoms. The molecule has 2 aliphatic rings. The van der Waals surface area contributed by atoms with Gasteiger partial charge in [0.2, 0.25) is 0 Å². The SMILES string of the molecule is CC(C)(C)OC(=O)N1CCCc2cc(-n3c(N)c4c(cc3=O)C(=O)NC4=O)ccc21. The predicted octanol–water partition coefficient (Wildman–Crippen LogP) is 1.99. The van der Waals surface area contributed by atoms with Gasteiger partial charge in [0.05, 0.1) is 22.5 Å². The van der Waals surface area contributed by atoms with E-state index in [0.29, 0.717) is 24.3 Å². The molecule has 9 heteroatoms. The number of carbonyl (C=O) groups excluding carboxylic acids is 3. The molecule has 9 nitrogen and oxygen atoms in total. The van der Waals surface area contributed by atoms with Gasteiger partial charge in [-0.2, -0.15) is 0 Å². The molecule has 0 saturated carbocycles. The van der Waals surface area contributed by atoms with Gasteiger partial charge in [-0.15, -0.1) is 0 Å². The lowest BCUT2D eigenvalue weighted by Crippen LogP contribution is -2.39. The molecular weight excluding hydrogens is 388 g/mol. The van der Waals surface area contributed by atoms with Crippen molar-refractivity contribution in [3.8, 4) is 5.69 Å².